The van der Waals surface area contributed by atoms with Gasteiger partial charge in [-0.2, -0.15) is 0 Å². The Labute approximate surface area is 230 Å². The molecular formula is C33H49N3O2. The van der Waals surface area contributed by atoms with E-state index in [-0.39, 0.29) is 0 Å². The Kier molecular flexibility index (Phi) is 11.4. The van der Waals surface area contributed by atoms with E-state index in [1.54, 1.807) is 0 Å². The van der Waals surface area contributed by atoms with E-state index in [4.69, 9.17) is 14.5 Å². The number of para-hydroxylation sites is 1. The van der Waals surface area contributed by atoms with Gasteiger partial charge in [0.15, 0.2) is 0 Å². The molecule has 3 aromatic rings. The van der Waals surface area contributed by atoms with Crippen LogP contribution in [-0.4, -0.2) is 29.2 Å². The molecule has 1 aliphatic carbocycles. The Hall–Kier alpha value is -2.53. The second-order valence-corrected chi connectivity index (χ2v) is 11.3. The fourth-order valence-electron chi connectivity index (χ4n) is 5.70. The lowest BCUT2D eigenvalue weighted by atomic mass is 9.90. The zero-order chi connectivity index (χ0) is 26.6. The Bertz CT molecular complexity index is 1080. The van der Waals surface area contributed by atoms with Gasteiger partial charge in [0.1, 0.15) is 29.4 Å². The number of aromatic nitrogens is 2. The number of nitrogens with one attached hydrogen (secondary N) is 1. The van der Waals surface area contributed by atoms with Crippen LogP contribution in [0.25, 0.3) is 11.0 Å². The zero-order valence-electron chi connectivity index (χ0n) is 24.0. The van der Waals surface area contributed by atoms with Crippen LogP contribution >= 0.6 is 0 Å². The molecule has 0 spiro atoms. The van der Waals surface area contributed by atoms with Gasteiger partial charge in [-0.25, -0.2) is 4.98 Å². The lowest BCUT2D eigenvalue weighted by Gasteiger charge is -2.22. The van der Waals surface area contributed by atoms with Gasteiger partial charge < -0.3 is 19.4 Å². The van der Waals surface area contributed by atoms with Gasteiger partial charge in [-0.15, -0.1) is 0 Å². The lowest BCUT2D eigenvalue weighted by molar-refractivity contribution is 0.210. The van der Waals surface area contributed by atoms with Crippen molar-refractivity contribution in [1.29, 1.82) is 0 Å². The summed E-state index contributed by atoms with van der Waals surface area (Å²) in [6, 6.07) is 14.7. The number of piperidine rings is 1. The number of nitrogens with zero attached hydrogens (tertiary/aromatic N) is 2. The highest BCUT2D eigenvalue weighted by Gasteiger charge is 2.19. The molecule has 2 fully saturated rings. The molecular weight excluding hydrogens is 470 g/mol. The van der Waals surface area contributed by atoms with Crippen molar-refractivity contribution in [2.24, 2.45) is 11.8 Å². The summed E-state index contributed by atoms with van der Waals surface area (Å²) in [4.78, 5) is 5.08. The van der Waals surface area contributed by atoms with Crippen molar-refractivity contribution < 1.29 is 9.47 Å². The average Bonchev–Trinajstić information content (AvgIpc) is 3.31. The second-order valence-electron chi connectivity index (χ2n) is 11.3. The van der Waals surface area contributed by atoms with Crippen LogP contribution in [0.4, 0.5) is 0 Å². The summed E-state index contributed by atoms with van der Waals surface area (Å²) in [6.45, 7) is 10.9. The van der Waals surface area contributed by atoms with Gasteiger partial charge in [-0.1, -0.05) is 63.3 Å². The first-order chi connectivity index (χ1) is 18.7. The van der Waals surface area contributed by atoms with E-state index < -0.39 is 0 Å². The van der Waals surface area contributed by atoms with Gasteiger partial charge in [0.05, 0.1) is 12.1 Å². The van der Waals surface area contributed by atoms with E-state index in [1.807, 2.05) is 12.1 Å². The third kappa shape index (κ3) is 8.23. The minimum Gasteiger partial charge on any atom is -0.491 e. The molecule has 5 heteroatoms. The molecule has 2 heterocycles. The van der Waals surface area contributed by atoms with E-state index in [1.165, 1.54) is 75.3 Å². The second kappa shape index (κ2) is 15.2. The first-order valence-corrected chi connectivity index (χ1v) is 15.2. The quantitative estimate of drug-likeness (QED) is 0.294. The number of imidazole rings is 1. The smallest absolute Gasteiger partial charge is 0.148 e. The summed E-state index contributed by atoms with van der Waals surface area (Å²) in [5.41, 5.74) is 3.38. The number of aryl methyl sites for hydroxylation is 2. The normalized spacial score (nSPS) is 16.7. The molecule has 2 aliphatic rings. The topological polar surface area (TPSA) is 48.3 Å². The highest BCUT2D eigenvalue weighted by molar-refractivity contribution is 5.82. The van der Waals surface area contributed by atoms with E-state index in [2.05, 4.69) is 61.0 Å². The van der Waals surface area contributed by atoms with Crippen LogP contribution in [0.1, 0.15) is 89.4 Å². The third-order valence-electron chi connectivity index (χ3n) is 7.86. The van der Waals surface area contributed by atoms with Gasteiger partial charge in [-0.05, 0) is 94.6 Å². The van der Waals surface area contributed by atoms with E-state index in [9.17, 15) is 0 Å². The molecule has 1 aliphatic heterocycles. The molecule has 0 unspecified atom stereocenters. The maximum atomic E-state index is 6.38. The molecule has 0 atom stereocenters. The SMILES string of the molecule is CCC.Cc1ccc(OCc2nc3c(OCC4CCCCC4)cccc3n2CCCC2CCNCC2)cc1. The van der Waals surface area contributed by atoms with Gasteiger partial charge in [0.2, 0.25) is 0 Å². The number of benzene rings is 2. The standard InChI is InChI=1S/C30H41N3O2.C3H8/c1-23-12-14-26(15-13-23)34-22-29-32-30-27(33(29)20-6-9-24-16-18-31-19-17-24)10-5-11-28(30)35-21-25-7-3-2-4-8-25;1-3-2/h5,10-15,24-25,31H,2-4,6-9,16-22H2,1H3;3H2,1-2H3. The van der Waals surface area contributed by atoms with Crippen LogP contribution in [0, 0.1) is 18.8 Å². The molecule has 208 valence electrons. The van der Waals surface area contributed by atoms with Crippen LogP contribution in [0.5, 0.6) is 11.5 Å². The monoisotopic (exact) mass is 519 g/mol. The van der Waals surface area contributed by atoms with Crippen molar-refractivity contribution in [2.45, 2.75) is 98.1 Å². The molecule has 1 N–H and O–H groups in total. The fraction of sp³-hybridized carbons (Fsp3) is 0.606. The van der Waals surface area contributed by atoms with Crippen molar-refractivity contribution in [3.05, 3.63) is 53.9 Å². The Morgan fingerprint density at radius 3 is 2.37 bits per heavy atom. The molecule has 0 radical (unpaired) electrons. The fourth-order valence-corrected chi connectivity index (χ4v) is 5.70. The predicted molar refractivity (Wildman–Crippen MR) is 158 cm³/mol. The third-order valence-corrected chi connectivity index (χ3v) is 7.86. The summed E-state index contributed by atoms with van der Waals surface area (Å²) < 4.78 is 14.9. The van der Waals surface area contributed by atoms with E-state index in [0.717, 1.165) is 55.0 Å². The maximum Gasteiger partial charge on any atom is 0.148 e. The maximum absolute atomic E-state index is 6.38. The molecule has 0 amide bonds. The van der Waals surface area contributed by atoms with Crippen molar-refractivity contribution >= 4 is 11.0 Å². The van der Waals surface area contributed by atoms with Crippen molar-refractivity contribution in [1.82, 2.24) is 14.9 Å². The van der Waals surface area contributed by atoms with Gasteiger partial charge >= 0.3 is 0 Å². The highest BCUT2D eigenvalue weighted by Crippen LogP contribution is 2.30. The summed E-state index contributed by atoms with van der Waals surface area (Å²) >= 11 is 0. The number of ether oxygens (including phenoxy) is 2. The summed E-state index contributed by atoms with van der Waals surface area (Å²) in [7, 11) is 0. The molecule has 38 heavy (non-hydrogen) atoms. The van der Waals surface area contributed by atoms with Crippen LogP contribution in [0.2, 0.25) is 0 Å². The lowest BCUT2D eigenvalue weighted by Crippen LogP contribution is -2.27. The number of fused-ring (bicyclic) bond motifs is 1. The molecule has 1 saturated carbocycles. The Balaban J connectivity index is 0.00000107. The summed E-state index contributed by atoms with van der Waals surface area (Å²) in [5.74, 6) is 4.31. The summed E-state index contributed by atoms with van der Waals surface area (Å²) in [5, 5.41) is 3.48. The average molecular weight is 520 g/mol. The zero-order valence-corrected chi connectivity index (χ0v) is 24.0. The molecule has 0 bridgehead atoms. The minimum atomic E-state index is 0.465. The Morgan fingerprint density at radius 1 is 0.895 bits per heavy atom. The van der Waals surface area contributed by atoms with Crippen LogP contribution in [-0.2, 0) is 13.2 Å². The van der Waals surface area contributed by atoms with Crippen LogP contribution in [0.15, 0.2) is 42.5 Å². The first-order valence-electron chi connectivity index (χ1n) is 15.2. The van der Waals surface area contributed by atoms with Crippen molar-refractivity contribution in [3.8, 4) is 11.5 Å². The predicted octanol–water partition coefficient (Wildman–Crippen LogP) is 8.08. The number of hydrogen-bond acceptors (Lipinski definition) is 4. The van der Waals surface area contributed by atoms with Gasteiger partial charge in [-0.3, -0.25) is 0 Å². The number of hydrogen-bond donors (Lipinski definition) is 1. The van der Waals surface area contributed by atoms with Gasteiger partial charge in [0.25, 0.3) is 0 Å². The molecule has 1 saturated heterocycles. The minimum absolute atomic E-state index is 0.465. The molecule has 2 aromatic carbocycles. The molecule has 1 aromatic heterocycles. The van der Waals surface area contributed by atoms with Gasteiger partial charge in [0, 0.05) is 6.54 Å². The van der Waals surface area contributed by atoms with Crippen molar-refractivity contribution in [2.75, 3.05) is 19.7 Å². The van der Waals surface area contributed by atoms with E-state index >= 15 is 0 Å². The highest BCUT2D eigenvalue weighted by atomic mass is 16.5. The number of rotatable bonds is 10. The largest absolute Gasteiger partial charge is 0.491 e. The Morgan fingerprint density at radius 2 is 1.63 bits per heavy atom. The summed E-state index contributed by atoms with van der Waals surface area (Å²) in [6.07, 6.45) is 12.9. The first kappa shape index (κ1) is 28.5. The van der Waals surface area contributed by atoms with Crippen molar-refractivity contribution in [3.63, 3.8) is 0 Å². The van der Waals surface area contributed by atoms with E-state index in [0.29, 0.717) is 12.5 Å². The molecule has 5 nitrogen and oxygen atoms in total. The van der Waals surface area contributed by atoms with Crippen LogP contribution < -0.4 is 14.8 Å². The molecule has 5 rings (SSSR count). The van der Waals surface area contributed by atoms with Crippen LogP contribution in [0.3, 0.4) is 0 Å².